The minimum Gasteiger partial charge on any atom is -0.382 e. The molecule has 1 aromatic heterocycles. The van der Waals surface area contributed by atoms with Gasteiger partial charge >= 0.3 is 0 Å². The fourth-order valence-electron chi connectivity index (χ4n) is 2.58. The highest BCUT2D eigenvalue weighted by Gasteiger charge is 2.19. The number of hydrogen-bond acceptors (Lipinski definition) is 3. The Morgan fingerprint density at radius 2 is 1.80 bits per heavy atom. The second-order valence-corrected chi connectivity index (χ2v) is 6.35. The minimum atomic E-state index is 0.565. The summed E-state index contributed by atoms with van der Waals surface area (Å²) >= 11 is 2.34. The van der Waals surface area contributed by atoms with Gasteiger partial charge < -0.3 is 10.2 Å². The zero-order chi connectivity index (χ0) is 13.8. The molecule has 1 aromatic carbocycles. The summed E-state index contributed by atoms with van der Waals surface area (Å²) in [6, 6.07) is 15.3. The lowest BCUT2D eigenvalue weighted by atomic mass is 10.0. The predicted octanol–water partition coefficient (Wildman–Crippen LogP) is 3.77. The highest BCUT2D eigenvalue weighted by molar-refractivity contribution is 14.1. The van der Waals surface area contributed by atoms with Crippen LogP contribution in [-0.2, 0) is 0 Å². The molecule has 0 saturated carbocycles. The standard InChI is InChI=1S/C16H18IN3/c17-13-4-6-14(7-5-13)19-15-8-11-20(12-9-15)16-3-1-2-10-18-16/h1-7,10,15,19H,8-9,11-12H2. The van der Waals surface area contributed by atoms with Gasteiger partial charge in [0.15, 0.2) is 0 Å². The molecule has 1 N–H and O–H groups in total. The van der Waals surface area contributed by atoms with Crippen molar-refractivity contribution in [2.24, 2.45) is 0 Å². The van der Waals surface area contributed by atoms with Gasteiger partial charge in [0, 0.05) is 34.6 Å². The molecule has 0 bridgehead atoms. The van der Waals surface area contributed by atoms with E-state index in [4.69, 9.17) is 0 Å². The third-order valence-electron chi connectivity index (χ3n) is 3.68. The average Bonchev–Trinajstić information content (AvgIpc) is 2.51. The van der Waals surface area contributed by atoms with Gasteiger partial charge in [0.25, 0.3) is 0 Å². The van der Waals surface area contributed by atoms with Crippen molar-refractivity contribution in [1.29, 1.82) is 0 Å². The third-order valence-corrected chi connectivity index (χ3v) is 4.40. The number of hydrogen-bond donors (Lipinski definition) is 1. The molecular weight excluding hydrogens is 361 g/mol. The number of nitrogens with zero attached hydrogens (tertiary/aromatic N) is 2. The van der Waals surface area contributed by atoms with Gasteiger partial charge in [-0.25, -0.2) is 4.98 Å². The molecule has 3 nitrogen and oxygen atoms in total. The van der Waals surface area contributed by atoms with Crippen molar-refractivity contribution in [3.05, 3.63) is 52.2 Å². The molecular formula is C16H18IN3. The van der Waals surface area contributed by atoms with E-state index in [9.17, 15) is 0 Å². The summed E-state index contributed by atoms with van der Waals surface area (Å²) in [7, 11) is 0. The zero-order valence-electron chi connectivity index (χ0n) is 11.3. The van der Waals surface area contributed by atoms with Crippen molar-refractivity contribution >= 4 is 34.1 Å². The van der Waals surface area contributed by atoms with E-state index in [1.54, 1.807) is 0 Å². The van der Waals surface area contributed by atoms with Crippen LogP contribution in [0.5, 0.6) is 0 Å². The maximum Gasteiger partial charge on any atom is 0.128 e. The van der Waals surface area contributed by atoms with Crippen molar-refractivity contribution in [1.82, 2.24) is 4.98 Å². The largest absolute Gasteiger partial charge is 0.382 e. The van der Waals surface area contributed by atoms with Crippen LogP contribution in [0.15, 0.2) is 48.7 Å². The third kappa shape index (κ3) is 3.42. The van der Waals surface area contributed by atoms with Crippen molar-refractivity contribution < 1.29 is 0 Å². The van der Waals surface area contributed by atoms with Gasteiger partial charge in [0.05, 0.1) is 0 Å². The molecule has 1 aliphatic rings. The number of piperidine rings is 1. The Labute approximate surface area is 133 Å². The quantitative estimate of drug-likeness (QED) is 0.824. The Morgan fingerprint density at radius 1 is 1.05 bits per heavy atom. The normalized spacial score (nSPS) is 16.1. The Kier molecular flexibility index (Phi) is 4.40. The first-order valence-corrected chi connectivity index (χ1v) is 8.07. The molecule has 0 unspecified atom stereocenters. The molecule has 0 spiro atoms. The van der Waals surface area contributed by atoms with Crippen molar-refractivity contribution in [3.8, 4) is 0 Å². The molecule has 20 heavy (non-hydrogen) atoms. The van der Waals surface area contributed by atoms with Gasteiger partial charge in [-0.1, -0.05) is 6.07 Å². The summed E-state index contributed by atoms with van der Waals surface area (Å²) in [6.45, 7) is 2.14. The van der Waals surface area contributed by atoms with Crippen LogP contribution in [0.3, 0.4) is 0 Å². The number of halogens is 1. The van der Waals surface area contributed by atoms with Crippen LogP contribution in [0.2, 0.25) is 0 Å². The maximum atomic E-state index is 4.43. The Morgan fingerprint density at radius 3 is 2.45 bits per heavy atom. The molecule has 1 saturated heterocycles. The van der Waals surface area contributed by atoms with E-state index in [2.05, 4.69) is 74.2 Å². The summed E-state index contributed by atoms with van der Waals surface area (Å²) in [5.41, 5.74) is 1.22. The first-order chi connectivity index (χ1) is 9.81. The van der Waals surface area contributed by atoms with Gasteiger partial charge in [0.1, 0.15) is 5.82 Å². The Hall–Kier alpha value is -1.30. The van der Waals surface area contributed by atoms with Crippen molar-refractivity contribution in [2.45, 2.75) is 18.9 Å². The monoisotopic (exact) mass is 379 g/mol. The summed E-state index contributed by atoms with van der Waals surface area (Å²) in [6.07, 6.45) is 4.18. The number of rotatable bonds is 3. The van der Waals surface area contributed by atoms with E-state index >= 15 is 0 Å². The predicted molar refractivity (Wildman–Crippen MR) is 92.3 cm³/mol. The number of benzene rings is 1. The van der Waals surface area contributed by atoms with E-state index in [1.165, 1.54) is 9.26 Å². The summed E-state index contributed by atoms with van der Waals surface area (Å²) in [5.74, 6) is 1.10. The lowest BCUT2D eigenvalue weighted by Crippen LogP contribution is -2.39. The number of aromatic nitrogens is 1. The molecule has 0 aliphatic carbocycles. The molecule has 0 amide bonds. The second-order valence-electron chi connectivity index (χ2n) is 5.10. The van der Waals surface area contributed by atoms with E-state index in [1.807, 2.05) is 12.3 Å². The van der Waals surface area contributed by atoms with Crippen LogP contribution in [0.1, 0.15) is 12.8 Å². The Bertz CT molecular complexity index is 533. The highest BCUT2D eigenvalue weighted by Crippen LogP contribution is 2.20. The molecule has 104 valence electrons. The van der Waals surface area contributed by atoms with Crippen LogP contribution < -0.4 is 10.2 Å². The van der Waals surface area contributed by atoms with Crippen LogP contribution in [0.25, 0.3) is 0 Å². The molecule has 2 heterocycles. The average molecular weight is 379 g/mol. The lowest BCUT2D eigenvalue weighted by molar-refractivity contribution is 0.523. The number of nitrogens with one attached hydrogen (secondary N) is 1. The van der Waals surface area contributed by atoms with E-state index in [-0.39, 0.29) is 0 Å². The van der Waals surface area contributed by atoms with Crippen LogP contribution in [0, 0.1) is 3.57 Å². The van der Waals surface area contributed by atoms with Crippen LogP contribution >= 0.6 is 22.6 Å². The highest BCUT2D eigenvalue weighted by atomic mass is 127. The first-order valence-electron chi connectivity index (χ1n) is 6.99. The van der Waals surface area contributed by atoms with E-state index in [0.717, 1.165) is 31.7 Å². The minimum absolute atomic E-state index is 0.565. The fraction of sp³-hybridized carbons (Fsp3) is 0.312. The number of pyridine rings is 1. The topological polar surface area (TPSA) is 28.2 Å². The van der Waals surface area contributed by atoms with Gasteiger partial charge in [-0.3, -0.25) is 0 Å². The number of anilines is 2. The van der Waals surface area contributed by atoms with Crippen molar-refractivity contribution in [3.63, 3.8) is 0 Å². The Balaban J connectivity index is 1.55. The fourth-order valence-corrected chi connectivity index (χ4v) is 2.94. The lowest BCUT2D eigenvalue weighted by Gasteiger charge is -2.33. The smallest absolute Gasteiger partial charge is 0.128 e. The van der Waals surface area contributed by atoms with Gasteiger partial charge in [-0.2, -0.15) is 0 Å². The SMILES string of the molecule is Ic1ccc(NC2CCN(c3ccccn3)CC2)cc1. The van der Waals surface area contributed by atoms with E-state index in [0.29, 0.717) is 6.04 Å². The van der Waals surface area contributed by atoms with Crippen LogP contribution in [-0.4, -0.2) is 24.1 Å². The van der Waals surface area contributed by atoms with Gasteiger partial charge in [-0.05, 0) is 71.8 Å². The molecule has 0 radical (unpaired) electrons. The molecule has 3 rings (SSSR count). The van der Waals surface area contributed by atoms with Crippen molar-refractivity contribution in [2.75, 3.05) is 23.3 Å². The summed E-state index contributed by atoms with van der Waals surface area (Å²) < 4.78 is 1.28. The molecule has 4 heteroatoms. The maximum absolute atomic E-state index is 4.43. The molecule has 0 atom stereocenters. The zero-order valence-corrected chi connectivity index (χ0v) is 13.5. The second kappa shape index (κ2) is 6.43. The van der Waals surface area contributed by atoms with E-state index < -0.39 is 0 Å². The van der Waals surface area contributed by atoms with Gasteiger partial charge in [0.2, 0.25) is 0 Å². The molecule has 2 aromatic rings. The van der Waals surface area contributed by atoms with Gasteiger partial charge in [-0.15, -0.1) is 0 Å². The summed E-state index contributed by atoms with van der Waals surface area (Å²) in [4.78, 5) is 6.79. The molecule has 1 aliphatic heterocycles. The van der Waals surface area contributed by atoms with Crippen LogP contribution in [0.4, 0.5) is 11.5 Å². The molecule has 1 fully saturated rings. The summed E-state index contributed by atoms with van der Waals surface area (Å²) in [5, 5.41) is 3.63. The first kappa shape index (κ1) is 13.7.